The maximum Gasteiger partial charge on any atom is 0.150 e. The first-order valence-corrected chi connectivity index (χ1v) is 8.66. The van der Waals surface area contributed by atoms with Crippen molar-refractivity contribution in [2.45, 2.75) is 13.8 Å². The zero-order valence-corrected chi connectivity index (χ0v) is 13.8. The van der Waals surface area contributed by atoms with Crippen LogP contribution in [0.25, 0.3) is 0 Å². The molecule has 3 aromatic rings. The molecule has 22 heavy (non-hydrogen) atoms. The minimum Gasteiger partial charge on any atom is -0.464 e. The van der Waals surface area contributed by atoms with Crippen molar-refractivity contribution in [3.8, 4) is 5.75 Å². The summed E-state index contributed by atoms with van der Waals surface area (Å²) in [5, 5.41) is 2.46. The van der Waals surface area contributed by atoms with Gasteiger partial charge in [0.2, 0.25) is 0 Å². The highest BCUT2D eigenvalue weighted by Gasteiger charge is 2.18. The minimum absolute atomic E-state index is 0.860. The van der Waals surface area contributed by atoms with Crippen molar-refractivity contribution in [3.05, 3.63) is 90.0 Å². The second kappa shape index (κ2) is 6.77. The number of aryl methyl sites for hydroxylation is 2. The average Bonchev–Trinajstić information content (AvgIpc) is 2.56. The van der Waals surface area contributed by atoms with Gasteiger partial charge in [-0.3, -0.25) is 0 Å². The van der Waals surface area contributed by atoms with Crippen molar-refractivity contribution in [1.29, 1.82) is 0 Å². The Morgan fingerprint density at radius 3 is 1.50 bits per heavy atom. The fourth-order valence-electron chi connectivity index (χ4n) is 2.42. The largest absolute Gasteiger partial charge is 0.464 e. The summed E-state index contributed by atoms with van der Waals surface area (Å²) >= 11 is 0. The van der Waals surface area contributed by atoms with Crippen LogP contribution in [-0.2, 0) is 0 Å². The molecule has 0 saturated carbocycles. The van der Waals surface area contributed by atoms with Gasteiger partial charge in [0.25, 0.3) is 0 Å². The van der Waals surface area contributed by atoms with Gasteiger partial charge < -0.3 is 4.52 Å². The molecule has 0 aromatic heterocycles. The van der Waals surface area contributed by atoms with Gasteiger partial charge in [0, 0.05) is 10.6 Å². The van der Waals surface area contributed by atoms with Crippen molar-refractivity contribution in [2.24, 2.45) is 0 Å². The fraction of sp³-hybridized carbons (Fsp3) is 0.100. The summed E-state index contributed by atoms with van der Waals surface area (Å²) in [6.07, 6.45) is 0. The SMILES string of the molecule is Cc1cccc(C)c1OP(c1ccccc1)c1ccccc1. The molecular formula is C20H19OP. The third kappa shape index (κ3) is 3.21. The molecule has 0 heterocycles. The Morgan fingerprint density at radius 2 is 1.05 bits per heavy atom. The average molecular weight is 306 g/mol. The Morgan fingerprint density at radius 1 is 0.591 bits per heavy atom. The van der Waals surface area contributed by atoms with E-state index in [1.807, 2.05) is 12.1 Å². The van der Waals surface area contributed by atoms with Crippen LogP contribution in [0.1, 0.15) is 11.1 Å². The maximum absolute atomic E-state index is 6.51. The molecule has 0 unspecified atom stereocenters. The van der Waals surface area contributed by atoms with Gasteiger partial charge >= 0.3 is 0 Å². The zero-order valence-electron chi connectivity index (χ0n) is 12.9. The smallest absolute Gasteiger partial charge is 0.150 e. The molecule has 0 aliphatic rings. The van der Waals surface area contributed by atoms with Crippen LogP contribution in [0, 0.1) is 13.8 Å². The predicted octanol–water partition coefficient (Wildman–Crippen LogP) is 4.73. The Kier molecular flexibility index (Phi) is 4.56. The lowest BCUT2D eigenvalue weighted by Gasteiger charge is -2.21. The lowest BCUT2D eigenvalue weighted by Crippen LogP contribution is -2.16. The molecule has 0 aliphatic heterocycles. The van der Waals surface area contributed by atoms with Crippen molar-refractivity contribution >= 4 is 18.8 Å². The number of para-hydroxylation sites is 1. The molecule has 0 atom stereocenters. The van der Waals surface area contributed by atoms with Gasteiger partial charge in [-0.1, -0.05) is 78.9 Å². The van der Waals surface area contributed by atoms with Crippen molar-refractivity contribution < 1.29 is 4.52 Å². The molecule has 0 radical (unpaired) electrons. The third-order valence-electron chi connectivity index (χ3n) is 3.57. The van der Waals surface area contributed by atoms with E-state index in [9.17, 15) is 0 Å². The van der Waals surface area contributed by atoms with Crippen molar-refractivity contribution in [2.75, 3.05) is 0 Å². The summed E-state index contributed by atoms with van der Waals surface area (Å²) in [5.74, 6) is 1.00. The van der Waals surface area contributed by atoms with Gasteiger partial charge in [-0.05, 0) is 25.0 Å². The molecular weight excluding hydrogens is 287 g/mol. The van der Waals surface area contributed by atoms with Gasteiger partial charge in [-0.2, -0.15) is 0 Å². The molecule has 0 aliphatic carbocycles. The third-order valence-corrected chi connectivity index (χ3v) is 5.47. The van der Waals surface area contributed by atoms with E-state index in [4.69, 9.17) is 4.52 Å². The van der Waals surface area contributed by atoms with Gasteiger partial charge in [0.15, 0.2) is 8.15 Å². The highest BCUT2D eigenvalue weighted by Crippen LogP contribution is 2.39. The molecule has 0 amide bonds. The number of rotatable bonds is 4. The van der Waals surface area contributed by atoms with E-state index < -0.39 is 8.15 Å². The molecule has 2 heteroatoms. The van der Waals surface area contributed by atoms with E-state index in [2.05, 4.69) is 80.6 Å². The van der Waals surface area contributed by atoms with Crippen LogP contribution < -0.4 is 15.1 Å². The summed E-state index contributed by atoms with van der Waals surface area (Å²) in [6.45, 7) is 4.21. The first-order valence-electron chi connectivity index (χ1n) is 7.40. The first-order chi connectivity index (χ1) is 10.8. The van der Waals surface area contributed by atoms with Gasteiger partial charge in [0.05, 0.1) is 0 Å². The quantitative estimate of drug-likeness (QED) is 0.633. The summed E-state index contributed by atoms with van der Waals surface area (Å²) in [6, 6.07) is 27.2. The molecule has 110 valence electrons. The highest BCUT2D eigenvalue weighted by molar-refractivity contribution is 7.68. The van der Waals surface area contributed by atoms with Crippen LogP contribution in [0.4, 0.5) is 0 Å². The summed E-state index contributed by atoms with van der Waals surface area (Å²) in [4.78, 5) is 0. The predicted molar refractivity (Wildman–Crippen MR) is 95.6 cm³/mol. The van der Waals surface area contributed by atoms with Crippen LogP contribution in [-0.4, -0.2) is 0 Å². The van der Waals surface area contributed by atoms with Crippen LogP contribution in [0.3, 0.4) is 0 Å². The molecule has 3 rings (SSSR count). The van der Waals surface area contributed by atoms with Crippen LogP contribution in [0.15, 0.2) is 78.9 Å². The Hall–Kier alpha value is -2.11. The van der Waals surface area contributed by atoms with Crippen molar-refractivity contribution in [1.82, 2.24) is 0 Å². The second-order valence-electron chi connectivity index (χ2n) is 5.28. The summed E-state index contributed by atoms with van der Waals surface area (Å²) in [5.41, 5.74) is 2.36. The molecule has 0 spiro atoms. The molecule has 0 fully saturated rings. The lowest BCUT2D eigenvalue weighted by atomic mass is 10.1. The van der Waals surface area contributed by atoms with E-state index in [0.29, 0.717) is 0 Å². The van der Waals surface area contributed by atoms with Gasteiger partial charge in [-0.15, -0.1) is 0 Å². The normalized spacial score (nSPS) is 10.7. The number of hydrogen-bond acceptors (Lipinski definition) is 1. The molecule has 3 aromatic carbocycles. The van der Waals surface area contributed by atoms with E-state index in [1.165, 1.54) is 21.7 Å². The first kappa shape index (κ1) is 14.8. The fourth-order valence-corrected chi connectivity index (χ4v) is 4.28. The van der Waals surface area contributed by atoms with E-state index in [1.54, 1.807) is 0 Å². The number of benzene rings is 3. The number of hydrogen-bond donors (Lipinski definition) is 0. The second-order valence-corrected chi connectivity index (χ2v) is 7.08. The van der Waals surface area contributed by atoms with E-state index >= 15 is 0 Å². The van der Waals surface area contributed by atoms with E-state index in [0.717, 1.165) is 5.75 Å². The monoisotopic (exact) mass is 306 g/mol. The Bertz CT molecular complexity index is 678. The standard InChI is InChI=1S/C20H19OP/c1-16-10-9-11-17(2)20(16)21-22(18-12-5-3-6-13-18)19-14-7-4-8-15-19/h3-15H,1-2H3. The van der Waals surface area contributed by atoms with Crippen molar-refractivity contribution in [3.63, 3.8) is 0 Å². The van der Waals surface area contributed by atoms with Crippen LogP contribution in [0.5, 0.6) is 5.75 Å². The minimum atomic E-state index is -0.860. The molecule has 0 N–H and O–H groups in total. The maximum atomic E-state index is 6.51. The Labute approximate surface area is 133 Å². The topological polar surface area (TPSA) is 9.23 Å². The Balaban J connectivity index is 2.03. The van der Waals surface area contributed by atoms with Crippen LogP contribution in [0.2, 0.25) is 0 Å². The molecule has 1 nitrogen and oxygen atoms in total. The zero-order chi connectivity index (χ0) is 15.4. The summed E-state index contributed by atoms with van der Waals surface area (Å²) in [7, 11) is -0.860. The van der Waals surface area contributed by atoms with Crippen LogP contribution >= 0.6 is 8.15 Å². The molecule has 0 bridgehead atoms. The van der Waals surface area contributed by atoms with Gasteiger partial charge in [0.1, 0.15) is 5.75 Å². The summed E-state index contributed by atoms with van der Waals surface area (Å²) < 4.78 is 6.51. The lowest BCUT2D eigenvalue weighted by molar-refractivity contribution is 0.618. The molecule has 0 saturated heterocycles. The highest BCUT2D eigenvalue weighted by atomic mass is 31.1. The van der Waals surface area contributed by atoms with Gasteiger partial charge in [-0.25, -0.2) is 0 Å². The van der Waals surface area contributed by atoms with E-state index in [-0.39, 0.29) is 0 Å².